The first-order chi connectivity index (χ1) is 10.9. The molecule has 0 unspecified atom stereocenters. The topological polar surface area (TPSA) is 53.1 Å². The molecule has 2 rings (SSSR count). The van der Waals surface area contributed by atoms with Crippen molar-refractivity contribution in [1.29, 1.82) is 0 Å². The molecule has 6 nitrogen and oxygen atoms in total. The van der Waals surface area contributed by atoms with Crippen molar-refractivity contribution in [2.75, 3.05) is 47.9 Å². The van der Waals surface area contributed by atoms with Crippen molar-refractivity contribution in [1.82, 2.24) is 14.7 Å². The van der Waals surface area contributed by atoms with Gasteiger partial charge in [0.25, 0.3) is 0 Å². The molecule has 0 radical (unpaired) electrons. The highest BCUT2D eigenvalue weighted by molar-refractivity contribution is 5.89. The standard InChI is InChI=1S/C17H25N3O3/c1-18(2)17(22)14-12-19(3)9-10-20(14)16(21)11-13-7-5-6-8-15(13)23-4/h5-8,14H,9-12H2,1-4H3/t14-/m1/s1. The number of benzene rings is 1. The van der Waals surface area contributed by atoms with E-state index >= 15 is 0 Å². The average Bonchev–Trinajstić information content (AvgIpc) is 2.54. The van der Waals surface area contributed by atoms with Crippen LogP contribution in [0.25, 0.3) is 0 Å². The third-order valence-corrected chi connectivity index (χ3v) is 4.16. The third kappa shape index (κ3) is 4.01. The van der Waals surface area contributed by atoms with Gasteiger partial charge in [-0.15, -0.1) is 0 Å². The number of hydrogen-bond donors (Lipinski definition) is 0. The Hall–Kier alpha value is -2.08. The van der Waals surface area contributed by atoms with Crippen molar-refractivity contribution in [3.8, 4) is 5.75 Å². The van der Waals surface area contributed by atoms with Crippen molar-refractivity contribution < 1.29 is 14.3 Å². The van der Waals surface area contributed by atoms with E-state index in [1.165, 1.54) is 0 Å². The van der Waals surface area contributed by atoms with Crippen LogP contribution in [0.2, 0.25) is 0 Å². The minimum Gasteiger partial charge on any atom is -0.496 e. The quantitative estimate of drug-likeness (QED) is 0.809. The van der Waals surface area contributed by atoms with Crippen LogP contribution in [0.4, 0.5) is 0 Å². The molecule has 1 atom stereocenters. The van der Waals surface area contributed by atoms with E-state index in [-0.39, 0.29) is 18.2 Å². The third-order valence-electron chi connectivity index (χ3n) is 4.16. The van der Waals surface area contributed by atoms with Gasteiger partial charge in [0.05, 0.1) is 13.5 Å². The second-order valence-corrected chi connectivity index (χ2v) is 6.09. The molecule has 0 spiro atoms. The molecule has 126 valence electrons. The molecular formula is C17H25N3O3. The van der Waals surface area contributed by atoms with E-state index in [9.17, 15) is 9.59 Å². The predicted molar refractivity (Wildman–Crippen MR) is 88.4 cm³/mol. The van der Waals surface area contributed by atoms with E-state index in [0.29, 0.717) is 18.8 Å². The number of carbonyl (C=O) groups excluding carboxylic acids is 2. The molecule has 23 heavy (non-hydrogen) atoms. The molecule has 1 heterocycles. The summed E-state index contributed by atoms with van der Waals surface area (Å²) in [5.74, 6) is 0.623. The number of amides is 2. The fraction of sp³-hybridized carbons (Fsp3) is 0.529. The van der Waals surface area contributed by atoms with Gasteiger partial charge in [0.15, 0.2) is 0 Å². The number of piperazine rings is 1. The fourth-order valence-corrected chi connectivity index (χ4v) is 2.84. The molecule has 2 amide bonds. The van der Waals surface area contributed by atoms with Gasteiger partial charge in [-0.1, -0.05) is 18.2 Å². The highest BCUT2D eigenvalue weighted by Gasteiger charge is 2.35. The van der Waals surface area contributed by atoms with Crippen LogP contribution in [-0.2, 0) is 16.0 Å². The van der Waals surface area contributed by atoms with Crippen molar-refractivity contribution in [2.45, 2.75) is 12.5 Å². The van der Waals surface area contributed by atoms with Gasteiger partial charge in [-0.05, 0) is 13.1 Å². The predicted octanol–water partition coefficient (Wildman–Crippen LogP) is 0.469. The molecule has 0 saturated carbocycles. The van der Waals surface area contributed by atoms with E-state index in [1.54, 1.807) is 31.0 Å². The summed E-state index contributed by atoms with van der Waals surface area (Å²) >= 11 is 0. The van der Waals surface area contributed by atoms with E-state index < -0.39 is 6.04 Å². The van der Waals surface area contributed by atoms with E-state index in [2.05, 4.69) is 4.90 Å². The van der Waals surface area contributed by atoms with Gasteiger partial charge < -0.3 is 19.4 Å². The van der Waals surface area contributed by atoms with Crippen LogP contribution in [0.1, 0.15) is 5.56 Å². The summed E-state index contributed by atoms with van der Waals surface area (Å²) in [6, 6.07) is 7.06. The largest absolute Gasteiger partial charge is 0.496 e. The number of nitrogens with zero attached hydrogens (tertiary/aromatic N) is 3. The van der Waals surface area contributed by atoms with Crippen LogP contribution in [-0.4, -0.2) is 80.4 Å². The van der Waals surface area contributed by atoms with Crippen LogP contribution in [0.15, 0.2) is 24.3 Å². The molecule has 1 saturated heterocycles. The van der Waals surface area contributed by atoms with Crippen LogP contribution in [0.5, 0.6) is 5.75 Å². The highest BCUT2D eigenvalue weighted by Crippen LogP contribution is 2.20. The number of likely N-dealkylation sites (N-methyl/N-ethyl adjacent to an activating group) is 2. The normalized spacial score (nSPS) is 18.6. The van der Waals surface area contributed by atoms with Crippen LogP contribution in [0, 0.1) is 0 Å². The highest BCUT2D eigenvalue weighted by atomic mass is 16.5. The van der Waals surface area contributed by atoms with Gasteiger partial charge in [-0.25, -0.2) is 0 Å². The monoisotopic (exact) mass is 319 g/mol. The maximum atomic E-state index is 12.8. The summed E-state index contributed by atoms with van der Waals surface area (Å²) < 4.78 is 5.31. The van der Waals surface area contributed by atoms with Crippen molar-refractivity contribution in [3.63, 3.8) is 0 Å². The number of methoxy groups -OCH3 is 1. The Kier molecular flexibility index (Phi) is 5.60. The second-order valence-electron chi connectivity index (χ2n) is 6.09. The first-order valence-electron chi connectivity index (χ1n) is 7.75. The van der Waals surface area contributed by atoms with E-state index in [1.807, 2.05) is 31.3 Å². The van der Waals surface area contributed by atoms with Gasteiger partial charge in [0.2, 0.25) is 11.8 Å². The van der Waals surface area contributed by atoms with Crippen molar-refractivity contribution in [3.05, 3.63) is 29.8 Å². The molecule has 0 aliphatic carbocycles. The lowest BCUT2D eigenvalue weighted by Gasteiger charge is -2.40. The lowest BCUT2D eigenvalue weighted by Crippen LogP contribution is -2.59. The number of para-hydroxylation sites is 1. The minimum absolute atomic E-state index is 0.0371. The lowest BCUT2D eigenvalue weighted by molar-refractivity contribution is -0.147. The smallest absolute Gasteiger partial charge is 0.246 e. The zero-order valence-corrected chi connectivity index (χ0v) is 14.3. The Morgan fingerprint density at radius 1 is 1.26 bits per heavy atom. The summed E-state index contributed by atoms with van der Waals surface area (Å²) in [7, 11) is 7.01. The number of ether oxygens (including phenoxy) is 1. The number of carbonyl (C=O) groups is 2. The second kappa shape index (κ2) is 7.46. The Labute approximate surface area is 137 Å². The molecule has 1 aromatic carbocycles. The maximum Gasteiger partial charge on any atom is 0.246 e. The average molecular weight is 319 g/mol. The summed E-state index contributed by atoms with van der Waals surface area (Å²) in [5, 5.41) is 0. The first-order valence-corrected chi connectivity index (χ1v) is 7.75. The van der Waals surface area contributed by atoms with Crippen LogP contribution >= 0.6 is 0 Å². The molecule has 1 aromatic rings. The Morgan fingerprint density at radius 3 is 2.61 bits per heavy atom. The lowest BCUT2D eigenvalue weighted by atomic mass is 10.1. The summed E-state index contributed by atoms with van der Waals surface area (Å²) in [6.07, 6.45) is 0.241. The molecule has 1 aliphatic rings. The molecule has 6 heteroatoms. The van der Waals surface area contributed by atoms with E-state index in [0.717, 1.165) is 12.1 Å². The van der Waals surface area contributed by atoms with Gasteiger partial charge in [-0.3, -0.25) is 9.59 Å². The van der Waals surface area contributed by atoms with Crippen LogP contribution in [0.3, 0.4) is 0 Å². The molecule has 1 fully saturated rings. The van der Waals surface area contributed by atoms with Gasteiger partial charge in [-0.2, -0.15) is 0 Å². The van der Waals surface area contributed by atoms with Crippen molar-refractivity contribution >= 4 is 11.8 Å². The van der Waals surface area contributed by atoms with Gasteiger partial charge in [0, 0.05) is 39.3 Å². The van der Waals surface area contributed by atoms with Gasteiger partial charge in [0.1, 0.15) is 11.8 Å². The molecule has 0 aromatic heterocycles. The number of hydrogen-bond acceptors (Lipinski definition) is 4. The zero-order chi connectivity index (χ0) is 17.0. The maximum absolute atomic E-state index is 12.8. The first kappa shape index (κ1) is 17.3. The summed E-state index contributed by atoms with van der Waals surface area (Å²) in [4.78, 5) is 30.5. The molecule has 1 aliphatic heterocycles. The molecule has 0 bridgehead atoms. The Morgan fingerprint density at radius 2 is 1.96 bits per heavy atom. The number of rotatable bonds is 4. The van der Waals surface area contributed by atoms with E-state index in [4.69, 9.17) is 4.74 Å². The van der Waals surface area contributed by atoms with Crippen LogP contribution < -0.4 is 4.74 Å². The Bertz CT molecular complexity index is 574. The molecular weight excluding hydrogens is 294 g/mol. The fourth-order valence-electron chi connectivity index (χ4n) is 2.84. The van der Waals surface area contributed by atoms with Crippen molar-refractivity contribution in [2.24, 2.45) is 0 Å². The zero-order valence-electron chi connectivity index (χ0n) is 14.3. The van der Waals surface area contributed by atoms with Gasteiger partial charge >= 0.3 is 0 Å². The Balaban J connectivity index is 2.16. The minimum atomic E-state index is -0.425. The summed E-state index contributed by atoms with van der Waals surface area (Å²) in [6.45, 7) is 1.90. The SMILES string of the molecule is COc1ccccc1CC(=O)N1CCN(C)C[C@@H]1C(=O)N(C)C. The summed E-state index contributed by atoms with van der Waals surface area (Å²) in [5.41, 5.74) is 0.843. The molecule has 0 N–H and O–H groups in total.